The van der Waals surface area contributed by atoms with Crippen molar-refractivity contribution in [1.82, 2.24) is 4.90 Å². The van der Waals surface area contributed by atoms with Crippen molar-refractivity contribution in [2.24, 2.45) is 5.73 Å². The van der Waals surface area contributed by atoms with Gasteiger partial charge >= 0.3 is 0 Å². The van der Waals surface area contributed by atoms with Gasteiger partial charge in [0.15, 0.2) is 0 Å². The van der Waals surface area contributed by atoms with Crippen LogP contribution in [0.3, 0.4) is 0 Å². The zero-order valence-electron chi connectivity index (χ0n) is 12.3. The first-order valence-electron chi connectivity index (χ1n) is 7.65. The second-order valence-electron chi connectivity index (χ2n) is 5.81. The summed E-state index contributed by atoms with van der Waals surface area (Å²) in [5, 5.41) is 0. The summed E-state index contributed by atoms with van der Waals surface area (Å²) in [6.07, 6.45) is 2.44. The summed E-state index contributed by atoms with van der Waals surface area (Å²) < 4.78 is 5.45. The highest BCUT2D eigenvalue weighted by Crippen LogP contribution is 2.30. The molecule has 0 amide bonds. The highest BCUT2D eigenvalue weighted by molar-refractivity contribution is 5.56. The molecule has 0 unspecified atom stereocenters. The van der Waals surface area contributed by atoms with E-state index in [9.17, 15) is 0 Å². The first-order chi connectivity index (χ1) is 9.79. The Labute approximate surface area is 121 Å². The molecule has 2 heterocycles. The quantitative estimate of drug-likeness (QED) is 0.905. The molecule has 0 spiro atoms. The number of benzene rings is 1. The molecule has 2 aliphatic rings. The Kier molecular flexibility index (Phi) is 4.24. The molecule has 1 fully saturated rings. The molecule has 1 aromatic carbocycles. The van der Waals surface area contributed by atoms with Gasteiger partial charge in [-0.2, -0.15) is 0 Å². The highest BCUT2D eigenvalue weighted by atomic mass is 16.5. The molecule has 0 aliphatic carbocycles. The molecule has 1 atom stereocenters. The molecule has 4 heteroatoms. The lowest BCUT2D eigenvalue weighted by Crippen LogP contribution is -2.41. The Morgan fingerprint density at radius 3 is 2.80 bits per heavy atom. The van der Waals surface area contributed by atoms with Crippen LogP contribution in [-0.4, -0.2) is 51.3 Å². The average molecular weight is 275 g/mol. The maximum Gasteiger partial charge on any atom is 0.0594 e. The van der Waals surface area contributed by atoms with Crippen LogP contribution >= 0.6 is 0 Å². The molecule has 0 bridgehead atoms. The largest absolute Gasteiger partial charge is 0.379 e. The molecule has 3 rings (SSSR count). The molecule has 0 saturated carbocycles. The van der Waals surface area contributed by atoms with Gasteiger partial charge in [0, 0.05) is 45.0 Å². The summed E-state index contributed by atoms with van der Waals surface area (Å²) in [4.78, 5) is 4.81. The van der Waals surface area contributed by atoms with Crippen molar-refractivity contribution in [3.63, 3.8) is 0 Å². The lowest BCUT2D eigenvalue weighted by Gasteiger charge is -2.35. The Morgan fingerprint density at radius 2 is 2.05 bits per heavy atom. The standard InChI is InChI=1S/C16H25N3O/c1-18-6-2-3-13-11-14(4-5-15(13)18)16(12-17)19-7-9-20-10-8-19/h4-5,11,16H,2-3,6-10,12,17H2,1H3/t16-/m0/s1. The first kappa shape index (κ1) is 13.9. The zero-order chi connectivity index (χ0) is 13.9. The van der Waals surface area contributed by atoms with Gasteiger partial charge in [-0.15, -0.1) is 0 Å². The van der Waals surface area contributed by atoms with Gasteiger partial charge in [0.2, 0.25) is 0 Å². The van der Waals surface area contributed by atoms with Gasteiger partial charge in [-0.3, -0.25) is 4.90 Å². The van der Waals surface area contributed by atoms with E-state index in [1.54, 1.807) is 0 Å². The number of fused-ring (bicyclic) bond motifs is 1. The lowest BCUT2D eigenvalue weighted by molar-refractivity contribution is 0.0179. The molecular weight excluding hydrogens is 250 g/mol. The number of rotatable bonds is 3. The van der Waals surface area contributed by atoms with Crippen molar-refractivity contribution < 1.29 is 4.74 Å². The Morgan fingerprint density at radius 1 is 1.25 bits per heavy atom. The Hall–Kier alpha value is -1.10. The number of morpholine rings is 1. The summed E-state index contributed by atoms with van der Waals surface area (Å²) in [5.41, 5.74) is 10.3. The van der Waals surface area contributed by atoms with Gasteiger partial charge in [0.25, 0.3) is 0 Å². The van der Waals surface area contributed by atoms with Gasteiger partial charge in [0.1, 0.15) is 0 Å². The molecule has 2 aliphatic heterocycles. The first-order valence-corrected chi connectivity index (χ1v) is 7.65. The molecule has 1 saturated heterocycles. The van der Waals surface area contributed by atoms with Crippen LogP contribution in [0.5, 0.6) is 0 Å². The molecule has 2 N–H and O–H groups in total. The summed E-state index contributed by atoms with van der Waals surface area (Å²) in [6.45, 7) is 5.46. The van der Waals surface area contributed by atoms with Gasteiger partial charge < -0.3 is 15.4 Å². The lowest BCUT2D eigenvalue weighted by atomic mass is 9.96. The van der Waals surface area contributed by atoms with E-state index in [1.165, 1.54) is 29.7 Å². The van der Waals surface area contributed by atoms with Crippen LogP contribution in [0.25, 0.3) is 0 Å². The van der Waals surface area contributed by atoms with Crippen LogP contribution in [0.4, 0.5) is 5.69 Å². The monoisotopic (exact) mass is 275 g/mol. The number of hydrogen-bond acceptors (Lipinski definition) is 4. The Balaban J connectivity index is 1.84. The van der Waals surface area contributed by atoms with E-state index >= 15 is 0 Å². The second-order valence-corrected chi connectivity index (χ2v) is 5.81. The van der Waals surface area contributed by atoms with Crippen molar-refractivity contribution >= 4 is 5.69 Å². The summed E-state index contributed by atoms with van der Waals surface area (Å²) in [5.74, 6) is 0. The van der Waals surface area contributed by atoms with E-state index in [4.69, 9.17) is 10.5 Å². The SMILES string of the molecule is CN1CCCc2cc([C@H](CN)N3CCOCC3)ccc21. The third kappa shape index (κ3) is 2.68. The topological polar surface area (TPSA) is 41.7 Å². The Bertz CT molecular complexity index is 457. The van der Waals surface area contributed by atoms with Crippen LogP contribution in [0, 0.1) is 0 Å². The molecule has 20 heavy (non-hydrogen) atoms. The van der Waals surface area contributed by atoms with Crippen molar-refractivity contribution in [3.8, 4) is 0 Å². The van der Waals surface area contributed by atoms with Crippen LogP contribution in [0.15, 0.2) is 18.2 Å². The zero-order valence-corrected chi connectivity index (χ0v) is 12.3. The van der Waals surface area contributed by atoms with Crippen molar-refractivity contribution in [2.45, 2.75) is 18.9 Å². The summed E-state index contributed by atoms with van der Waals surface area (Å²) >= 11 is 0. The van der Waals surface area contributed by atoms with E-state index in [-0.39, 0.29) is 0 Å². The molecule has 4 nitrogen and oxygen atoms in total. The highest BCUT2D eigenvalue weighted by Gasteiger charge is 2.23. The molecule has 1 aromatic rings. The minimum absolute atomic E-state index is 0.330. The maximum atomic E-state index is 6.05. The molecule has 0 radical (unpaired) electrons. The number of hydrogen-bond donors (Lipinski definition) is 1. The third-order valence-electron chi connectivity index (χ3n) is 4.55. The maximum absolute atomic E-state index is 6.05. The smallest absolute Gasteiger partial charge is 0.0594 e. The number of anilines is 1. The van der Waals surface area contributed by atoms with E-state index in [1.807, 2.05) is 0 Å². The van der Waals surface area contributed by atoms with Gasteiger partial charge in [-0.05, 0) is 30.0 Å². The van der Waals surface area contributed by atoms with Gasteiger partial charge in [0.05, 0.1) is 13.2 Å². The molecular formula is C16H25N3O. The van der Waals surface area contributed by atoms with Gasteiger partial charge in [-0.25, -0.2) is 0 Å². The van der Waals surface area contributed by atoms with E-state index in [0.29, 0.717) is 12.6 Å². The number of nitrogens with two attached hydrogens (primary N) is 1. The van der Waals surface area contributed by atoms with Crippen molar-refractivity contribution in [2.75, 3.05) is 51.3 Å². The predicted molar refractivity (Wildman–Crippen MR) is 82.2 cm³/mol. The predicted octanol–water partition coefficient (Wildman–Crippen LogP) is 1.40. The third-order valence-corrected chi connectivity index (χ3v) is 4.55. The van der Waals surface area contributed by atoms with Crippen LogP contribution in [0.2, 0.25) is 0 Å². The normalized spacial score (nSPS) is 21.6. The fraction of sp³-hybridized carbons (Fsp3) is 0.625. The van der Waals surface area contributed by atoms with Crippen molar-refractivity contribution in [1.29, 1.82) is 0 Å². The second kappa shape index (κ2) is 6.12. The van der Waals surface area contributed by atoms with Crippen molar-refractivity contribution in [3.05, 3.63) is 29.3 Å². The average Bonchev–Trinajstić information content (AvgIpc) is 2.49. The van der Waals surface area contributed by atoms with Crippen LogP contribution in [-0.2, 0) is 11.2 Å². The molecule has 110 valence electrons. The minimum atomic E-state index is 0.330. The number of ether oxygens (including phenoxy) is 1. The van der Waals surface area contributed by atoms with E-state index in [2.05, 4.69) is 35.0 Å². The fourth-order valence-corrected chi connectivity index (χ4v) is 3.40. The van der Waals surface area contributed by atoms with Gasteiger partial charge in [-0.1, -0.05) is 12.1 Å². The number of aryl methyl sites for hydroxylation is 1. The van der Waals surface area contributed by atoms with E-state index < -0.39 is 0 Å². The fourth-order valence-electron chi connectivity index (χ4n) is 3.40. The van der Waals surface area contributed by atoms with E-state index in [0.717, 1.165) is 32.8 Å². The summed E-state index contributed by atoms with van der Waals surface area (Å²) in [6, 6.07) is 7.23. The molecule has 0 aromatic heterocycles. The van der Waals surface area contributed by atoms with Crippen LogP contribution in [0.1, 0.15) is 23.6 Å². The number of nitrogens with zero attached hydrogens (tertiary/aromatic N) is 2. The minimum Gasteiger partial charge on any atom is -0.379 e. The van der Waals surface area contributed by atoms with Crippen LogP contribution < -0.4 is 10.6 Å². The summed E-state index contributed by atoms with van der Waals surface area (Å²) in [7, 11) is 2.18.